The maximum atomic E-state index is 10.1. The lowest BCUT2D eigenvalue weighted by Crippen LogP contribution is -2.26. The highest BCUT2D eigenvalue weighted by atomic mass is 79.9. The summed E-state index contributed by atoms with van der Waals surface area (Å²) >= 11 is 3.40. The predicted octanol–water partition coefficient (Wildman–Crippen LogP) is 3.44. The van der Waals surface area contributed by atoms with E-state index in [4.69, 9.17) is 15.2 Å². The Kier molecular flexibility index (Phi) is 9.22. The second kappa shape index (κ2) is 9.45. The standard InChI is InChI=1S/C14H22BrNO3.ClH/c1-4-5-6-11(17)14(16)9-7-13(19-3)10(15)8-12(9)18-2;/h7-8,11,14,17H,4-6,16H2,1-3H3;1H/t11-,14+;/m1./s1. The second-order valence-corrected chi connectivity index (χ2v) is 5.32. The number of benzene rings is 1. The maximum Gasteiger partial charge on any atom is 0.133 e. The molecule has 1 rings (SSSR count). The number of methoxy groups -OCH3 is 2. The van der Waals surface area contributed by atoms with E-state index in [0.29, 0.717) is 17.9 Å². The van der Waals surface area contributed by atoms with Gasteiger partial charge in [0.1, 0.15) is 11.5 Å². The molecule has 0 fully saturated rings. The number of hydrogen-bond donors (Lipinski definition) is 2. The number of halogens is 2. The summed E-state index contributed by atoms with van der Waals surface area (Å²) in [6.45, 7) is 2.08. The first kappa shape index (κ1) is 19.5. The largest absolute Gasteiger partial charge is 0.496 e. The van der Waals surface area contributed by atoms with Crippen molar-refractivity contribution in [3.63, 3.8) is 0 Å². The van der Waals surface area contributed by atoms with E-state index in [1.54, 1.807) is 20.3 Å². The number of unbranched alkanes of at least 4 members (excludes halogenated alkanes) is 1. The first-order valence-corrected chi connectivity index (χ1v) is 7.19. The van der Waals surface area contributed by atoms with E-state index in [-0.39, 0.29) is 12.4 Å². The summed E-state index contributed by atoms with van der Waals surface area (Å²) in [6.07, 6.45) is 2.08. The molecule has 1 aromatic carbocycles. The zero-order valence-corrected chi connectivity index (χ0v) is 14.5. The molecule has 0 unspecified atom stereocenters. The molecule has 0 aliphatic rings. The Labute approximate surface area is 135 Å². The van der Waals surface area contributed by atoms with Crippen LogP contribution in [0, 0.1) is 0 Å². The summed E-state index contributed by atoms with van der Waals surface area (Å²) in [5, 5.41) is 10.1. The third-order valence-electron chi connectivity index (χ3n) is 3.13. The molecule has 0 bridgehead atoms. The van der Waals surface area contributed by atoms with E-state index in [2.05, 4.69) is 22.9 Å². The number of hydrogen-bond acceptors (Lipinski definition) is 4. The van der Waals surface area contributed by atoms with Crippen LogP contribution in [0.25, 0.3) is 0 Å². The first-order chi connectivity index (χ1) is 9.04. The molecule has 4 nitrogen and oxygen atoms in total. The summed E-state index contributed by atoms with van der Waals surface area (Å²) in [5.41, 5.74) is 6.88. The monoisotopic (exact) mass is 367 g/mol. The van der Waals surface area contributed by atoms with E-state index >= 15 is 0 Å². The van der Waals surface area contributed by atoms with E-state index in [9.17, 15) is 5.11 Å². The van der Waals surface area contributed by atoms with Crippen molar-refractivity contribution in [1.29, 1.82) is 0 Å². The molecule has 1 aromatic rings. The van der Waals surface area contributed by atoms with Crippen molar-refractivity contribution >= 4 is 28.3 Å². The van der Waals surface area contributed by atoms with E-state index in [1.165, 1.54) is 0 Å². The average molecular weight is 369 g/mol. The van der Waals surface area contributed by atoms with E-state index < -0.39 is 12.1 Å². The quantitative estimate of drug-likeness (QED) is 0.774. The predicted molar refractivity (Wildman–Crippen MR) is 87.0 cm³/mol. The lowest BCUT2D eigenvalue weighted by atomic mass is 9.97. The van der Waals surface area contributed by atoms with Gasteiger partial charge in [0.25, 0.3) is 0 Å². The Hall–Kier alpha value is -0.490. The SMILES string of the molecule is CCCC[C@@H](O)[C@@H](N)c1cc(OC)c(Br)cc1OC.Cl. The Morgan fingerprint density at radius 1 is 1.25 bits per heavy atom. The van der Waals surface area contributed by atoms with Crippen LogP contribution in [0.2, 0.25) is 0 Å². The molecule has 20 heavy (non-hydrogen) atoms. The Bertz CT molecular complexity index is 418. The van der Waals surface area contributed by atoms with Crippen molar-refractivity contribution in [2.45, 2.75) is 38.3 Å². The molecule has 0 heterocycles. The van der Waals surface area contributed by atoms with E-state index in [1.807, 2.05) is 6.07 Å². The Morgan fingerprint density at radius 3 is 2.35 bits per heavy atom. The van der Waals surface area contributed by atoms with Gasteiger partial charge in [0.2, 0.25) is 0 Å². The molecule has 116 valence electrons. The van der Waals surface area contributed by atoms with E-state index in [0.717, 1.165) is 22.9 Å². The summed E-state index contributed by atoms with van der Waals surface area (Å²) in [6, 6.07) is 3.13. The molecular formula is C14H23BrClNO3. The third-order valence-corrected chi connectivity index (χ3v) is 3.75. The maximum absolute atomic E-state index is 10.1. The fourth-order valence-electron chi connectivity index (χ4n) is 1.94. The number of aliphatic hydroxyl groups excluding tert-OH is 1. The molecule has 0 spiro atoms. The normalized spacial score (nSPS) is 13.3. The number of nitrogens with two attached hydrogens (primary N) is 1. The topological polar surface area (TPSA) is 64.7 Å². The number of rotatable bonds is 7. The van der Waals surface area contributed by atoms with Crippen molar-refractivity contribution in [3.05, 3.63) is 22.2 Å². The molecule has 0 aliphatic carbocycles. The van der Waals surface area contributed by atoms with Crippen LogP contribution in [0.4, 0.5) is 0 Å². The van der Waals surface area contributed by atoms with Crippen LogP contribution < -0.4 is 15.2 Å². The van der Waals surface area contributed by atoms with Gasteiger partial charge in [0.05, 0.1) is 30.8 Å². The molecule has 6 heteroatoms. The summed E-state index contributed by atoms with van der Waals surface area (Å²) in [5.74, 6) is 1.32. The van der Waals surface area contributed by atoms with Gasteiger partial charge in [-0.2, -0.15) is 0 Å². The molecule has 0 aromatic heterocycles. The number of ether oxygens (including phenoxy) is 2. The van der Waals surface area contributed by atoms with Gasteiger partial charge in [0.15, 0.2) is 0 Å². The van der Waals surface area contributed by atoms with Crippen LogP contribution in [-0.4, -0.2) is 25.4 Å². The van der Waals surface area contributed by atoms with Crippen LogP contribution in [0.3, 0.4) is 0 Å². The Morgan fingerprint density at radius 2 is 1.85 bits per heavy atom. The lowest BCUT2D eigenvalue weighted by molar-refractivity contribution is 0.131. The van der Waals surface area contributed by atoms with Gasteiger partial charge in [0, 0.05) is 5.56 Å². The first-order valence-electron chi connectivity index (χ1n) is 6.40. The minimum Gasteiger partial charge on any atom is -0.496 e. The minimum atomic E-state index is -0.584. The van der Waals surface area contributed by atoms with Crippen LogP contribution in [0.1, 0.15) is 37.8 Å². The summed E-state index contributed by atoms with van der Waals surface area (Å²) in [7, 11) is 3.18. The highest BCUT2D eigenvalue weighted by Crippen LogP contribution is 2.36. The fraction of sp³-hybridized carbons (Fsp3) is 0.571. The molecule has 3 N–H and O–H groups in total. The van der Waals surface area contributed by atoms with Crippen molar-refractivity contribution < 1.29 is 14.6 Å². The number of aliphatic hydroxyl groups is 1. The fourth-order valence-corrected chi connectivity index (χ4v) is 2.43. The molecule has 0 saturated heterocycles. The van der Waals surface area contributed by atoms with Crippen molar-refractivity contribution in [2.75, 3.05) is 14.2 Å². The van der Waals surface area contributed by atoms with Gasteiger partial charge in [-0.1, -0.05) is 19.8 Å². The summed E-state index contributed by atoms with van der Waals surface area (Å²) in [4.78, 5) is 0. The van der Waals surface area contributed by atoms with Crippen LogP contribution in [-0.2, 0) is 0 Å². The van der Waals surface area contributed by atoms with Gasteiger partial charge in [-0.3, -0.25) is 0 Å². The molecule has 0 amide bonds. The molecule has 2 atom stereocenters. The minimum absolute atomic E-state index is 0. The van der Waals surface area contributed by atoms with Gasteiger partial charge in [-0.05, 0) is 34.5 Å². The van der Waals surface area contributed by atoms with Crippen molar-refractivity contribution in [2.24, 2.45) is 5.73 Å². The molecule has 0 saturated carbocycles. The van der Waals surface area contributed by atoms with Crippen LogP contribution in [0.15, 0.2) is 16.6 Å². The lowest BCUT2D eigenvalue weighted by Gasteiger charge is -2.22. The zero-order chi connectivity index (χ0) is 14.4. The van der Waals surface area contributed by atoms with Gasteiger partial charge in [-0.15, -0.1) is 12.4 Å². The third kappa shape index (κ3) is 4.81. The summed E-state index contributed by atoms with van der Waals surface area (Å²) < 4.78 is 11.4. The highest BCUT2D eigenvalue weighted by molar-refractivity contribution is 9.10. The highest BCUT2D eigenvalue weighted by Gasteiger charge is 2.21. The van der Waals surface area contributed by atoms with Crippen LogP contribution in [0.5, 0.6) is 11.5 Å². The van der Waals surface area contributed by atoms with Gasteiger partial charge in [-0.25, -0.2) is 0 Å². The molecule has 0 radical (unpaired) electrons. The van der Waals surface area contributed by atoms with Gasteiger partial charge >= 0.3 is 0 Å². The van der Waals surface area contributed by atoms with Crippen molar-refractivity contribution in [3.8, 4) is 11.5 Å². The zero-order valence-electron chi connectivity index (χ0n) is 12.1. The average Bonchev–Trinajstić information content (AvgIpc) is 2.43. The van der Waals surface area contributed by atoms with Gasteiger partial charge < -0.3 is 20.3 Å². The van der Waals surface area contributed by atoms with Crippen molar-refractivity contribution in [1.82, 2.24) is 0 Å². The molecule has 0 aliphatic heterocycles. The second-order valence-electron chi connectivity index (χ2n) is 4.46. The smallest absolute Gasteiger partial charge is 0.133 e. The Balaban J connectivity index is 0.00000361. The van der Waals surface area contributed by atoms with Crippen LogP contribution >= 0.6 is 28.3 Å². The molecular weight excluding hydrogens is 346 g/mol.